The van der Waals surface area contributed by atoms with E-state index in [2.05, 4.69) is 15.0 Å². The number of carbonyl (C=O) groups excluding carboxylic acids is 1. The van der Waals surface area contributed by atoms with E-state index in [0.29, 0.717) is 12.0 Å². The third-order valence-corrected chi connectivity index (χ3v) is 3.94. The molecule has 1 aliphatic carbocycles. The number of carbonyl (C=O) groups is 1. The number of pyridine rings is 1. The van der Waals surface area contributed by atoms with Crippen LogP contribution in [0, 0.1) is 5.92 Å². The van der Waals surface area contributed by atoms with Gasteiger partial charge in [-0.2, -0.15) is 0 Å². The monoisotopic (exact) mass is 279 g/mol. The van der Waals surface area contributed by atoms with Gasteiger partial charge in [0, 0.05) is 41.0 Å². The number of H-pyrrole nitrogens is 2. The lowest BCUT2D eigenvalue weighted by atomic mass is 9.87. The van der Waals surface area contributed by atoms with Crippen molar-refractivity contribution >= 4 is 22.8 Å². The van der Waals surface area contributed by atoms with Crippen LogP contribution in [0.25, 0.3) is 17.0 Å². The van der Waals surface area contributed by atoms with E-state index in [9.17, 15) is 9.90 Å². The zero-order valence-electron chi connectivity index (χ0n) is 11.1. The predicted octanol–water partition coefficient (Wildman–Crippen LogP) is 2.67. The number of hydrogen-bond donors (Lipinski definition) is 3. The highest BCUT2D eigenvalue weighted by atomic mass is 16.3. The highest BCUT2D eigenvalue weighted by Gasteiger charge is 2.25. The fraction of sp³-hybridized carbons (Fsp3) is 0.125. The van der Waals surface area contributed by atoms with Crippen LogP contribution in [0.15, 0.2) is 36.8 Å². The van der Waals surface area contributed by atoms with Gasteiger partial charge < -0.3 is 15.1 Å². The van der Waals surface area contributed by atoms with Crippen molar-refractivity contribution in [2.45, 2.75) is 6.42 Å². The molecule has 0 saturated heterocycles. The minimum Gasteiger partial charge on any atom is -0.495 e. The molecule has 1 atom stereocenters. The minimum atomic E-state index is -0.208. The van der Waals surface area contributed by atoms with Crippen molar-refractivity contribution in [3.63, 3.8) is 0 Å². The minimum absolute atomic E-state index is 0.0787. The van der Waals surface area contributed by atoms with Gasteiger partial charge in [-0.3, -0.25) is 9.78 Å². The highest BCUT2D eigenvalue weighted by Crippen LogP contribution is 2.29. The smallest absolute Gasteiger partial charge is 0.188 e. The average molecular weight is 279 g/mol. The maximum Gasteiger partial charge on any atom is 0.188 e. The highest BCUT2D eigenvalue weighted by molar-refractivity contribution is 6.09. The Bertz CT molecular complexity index is 873. The summed E-state index contributed by atoms with van der Waals surface area (Å²) < 4.78 is 0. The number of ketones is 1. The lowest BCUT2D eigenvalue weighted by Crippen LogP contribution is -2.17. The second kappa shape index (κ2) is 4.34. The molecule has 0 saturated carbocycles. The summed E-state index contributed by atoms with van der Waals surface area (Å²) in [7, 11) is 0. The van der Waals surface area contributed by atoms with E-state index < -0.39 is 0 Å². The molecular weight excluding hydrogens is 266 g/mol. The molecule has 0 aliphatic heterocycles. The number of Topliss-reactive ketones (excluding diaryl/α,β-unsaturated/α-hetero) is 1. The lowest BCUT2D eigenvalue weighted by Gasteiger charge is -2.15. The third-order valence-electron chi connectivity index (χ3n) is 3.94. The average Bonchev–Trinajstić information content (AvgIpc) is 3.07. The number of aromatic nitrogens is 3. The number of fused-ring (bicyclic) bond motifs is 2. The van der Waals surface area contributed by atoms with E-state index >= 15 is 0 Å². The summed E-state index contributed by atoms with van der Waals surface area (Å²) in [5.74, 6) is 0.00539. The summed E-state index contributed by atoms with van der Waals surface area (Å²) in [5.41, 5.74) is 3.39. The van der Waals surface area contributed by atoms with Gasteiger partial charge in [-0.05, 0) is 24.1 Å². The first-order valence-corrected chi connectivity index (χ1v) is 6.77. The molecule has 0 spiro atoms. The summed E-state index contributed by atoms with van der Waals surface area (Å²) >= 11 is 0. The number of nitrogens with one attached hydrogen (secondary N) is 2. The summed E-state index contributed by atoms with van der Waals surface area (Å²) in [6, 6.07) is 3.53. The first kappa shape index (κ1) is 12.0. The largest absolute Gasteiger partial charge is 0.495 e. The molecule has 3 heterocycles. The van der Waals surface area contributed by atoms with Crippen LogP contribution in [0.2, 0.25) is 0 Å². The molecule has 5 heteroatoms. The number of hydrogen-bond acceptors (Lipinski definition) is 3. The second-order valence-corrected chi connectivity index (χ2v) is 5.25. The van der Waals surface area contributed by atoms with Crippen molar-refractivity contribution in [2.75, 3.05) is 0 Å². The van der Waals surface area contributed by atoms with Gasteiger partial charge in [0.25, 0.3) is 0 Å². The topological polar surface area (TPSA) is 81.8 Å². The normalized spacial score (nSPS) is 17.0. The van der Waals surface area contributed by atoms with Crippen LogP contribution in [-0.4, -0.2) is 25.8 Å². The number of rotatable bonds is 2. The number of aromatic hydroxyl groups is 1. The van der Waals surface area contributed by atoms with Gasteiger partial charge in [0.1, 0.15) is 0 Å². The summed E-state index contributed by atoms with van der Waals surface area (Å²) in [6.07, 6.45) is 9.49. The maximum atomic E-state index is 12.7. The van der Waals surface area contributed by atoms with Crippen LogP contribution < -0.4 is 0 Å². The number of aromatic amines is 2. The first-order chi connectivity index (χ1) is 10.2. The predicted molar refractivity (Wildman–Crippen MR) is 79.1 cm³/mol. The maximum absolute atomic E-state index is 12.7. The van der Waals surface area contributed by atoms with Gasteiger partial charge in [0.15, 0.2) is 11.7 Å². The Morgan fingerprint density at radius 1 is 1.43 bits per heavy atom. The zero-order valence-corrected chi connectivity index (χ0v) is 11.1. The number of allylic oxidation sites excluding steroid dienone is 1. The molecule has 1 aliphatic rings. The van der Waals surface area contributed by atoms with E-state index in [4.69, 9.17) is 0 Å². The van der Waals surface area contributed by atoms with Crippen molar-refractivity contribution < 1.29 is 9.90 Å². The van der Waals surface area contributed by atoms with Gasteiger partial charge in [0.2, 0.25) is 0 Å². The molecule has 0 amide bonds. The molecule has 3 aromatic heterocycles. The molecule has 0 fully saturated rings. The van der Waals surface area contributed by atoms with Crippen molar-refractivity contribution in [3.8, 4) is 5.88 Å². The number of nitrogens with zero attached hydrogens (tertiary/aromatic N) is 1. The molecule has 4 rings (SSSR count). The van der Waals surface area contributed by atoms with Gasteiger partial charge >= 0.3 is 0 Å². The fourth-order valence-electron chi connectivity index (χ4n) is 2.89. The Hall–Kier alpha value is -2.82. The van der Waals surface area contributed by atoms with E-state index in [1.807, 2.05) is 18.2 Å². The Labute approximate surface area is 120 Å². The molecule has 21 heavy (non-hydrogen) atoms. The summed E-state index contributed by atoms with van der Waals surface area (Å²) in [5, 5.41) is 10.4. The van der Waals surface area contributed by atoms with Crippen LogP contribution >= 0.6 is 0 Å². The van der Waals surface area contributed by atoms with Gasteiger partial charge in [-0.15, -0.1) is 0 Å². The van der Waals surface area contributed by atoms with E-state index in [-0.39, 0.29) is 17.6 Å². The molecule has 1 unspecified atom stereocenters. The van der Waals surface area contributed by atoms with E-state index in [1.54, 1.807) is 24.7 Å². The first-order valence-electron chi connectivity index (χ1n) is 6.77. The molecule has 0 aromatic carbocycles. The van der Waals surface area contributed by atoms with Crippen molar-refractivity contribution in [1.82, 2.24) is 15.0 Å². The Morgan fingerprint density at radius 2 is 2.33 bits per heavy atom. The zero-order chi connectivity index (χ0) is 14.4. The van der Waals surface area contributed by atoms with Crippen LogP contribution in [0.3, 0.4) is 0 Å². The molecule has 104 valence electrons. The molecule has 0 bridgehead atoms. The Kier molecular flexibility index (Phi) is 2.47. The van der Waals surface area contributed by atoms with E-state index in [0.717, 1.165) is 22.2 Å². The van der Waals surface area contributed by atoms with Gasteiger partial charge in [-0.1, -0.05) is 6.08 Å². The van der Waals surface area contributed by atoms with E-state index in [1.165, 1.54) is 0 Å². The van der Waals surface area contributed by atoms with Crippen molar-refractivity contribution in [3.05, 3.63) is 53.6 Å². The van der Waals surface area contributed by atoms with Crippen LogP contribution in [0.4, 0.5) is 0 Å². The molecular formula is C16H13N3O2. The second-order valence-electron chi connectivity index (χ2n) is 5.25. The summed E-state index contributed by atoms with van der Waals surface area (Å²) in [6.45, 7) is 0. The molecule has 0 radical (unpaired) electrons. The van der Waals surface area contributed by atoms with Gasteiger partial charge in [0.05, 0.1) is 11.7 Å². The quantitative estimate of drug-likeness (QED) is 0.631. The lowest BCUT2D eigenvalue weighted by molar-refractivity contribution is 0.0946. The molecule has 3 aromatic rings. The molecule has 5 nitrogen and oxygen atoms in total. The fourth-order valence-corrected chi connectivity index (χ4v) is 2.89. The van der Waals surface area contributed by atoms with Crippen LogP contribution in [0.5, 0.6) is 5.88 Å². The van der Waals surface area contributed by atoms with Gasteiger partial charge in [-0.25, -0.2) is 0 Å². The van der Waals surface area contributed by atoms with Crippen molar-refractivity contribution in [1.29, 1.82) is 0 Å². The molecule has 3 N–H and O–H groups in total. The SMILES string of the molecule is O=C(c1c[nH]c2cnccc12)C1C=Cc2[nH]c(O)cc2C1. The Balaban J connectivity index is 1.70. The van der Waals surface area contributed by atoms with Crippen LogP contribution in [-0.2, 0) is 6.42 Å². The standard InChI is InChI=1S/C16H13N3O2/c20-15-6-10-5-9(1-2-13(10)19-15)16(21)12-7-18-14-8-17-4-3-11(12)14/h1-4,6-9,18-20H,5H2. The third kappa shape index (κ3) is 1.86. The summed E-state index contributed by atoms with van der Waals surface area (Å²) in [4.78, 5) is 22.7. The van der Waals surface area contributed by atoms with Crippen molar-refractivity contribution in [2.24, 2.45) is 5.92 Å². The Morgan fingerprint density at radius 3 is 3.24 bits per heavy atom. The van der Waals surface area contributed by atoms with Crippen LogP contribution in [0.1, 0.15) is 21.6 Å².